The molecular formula is C25H28N2O2. The molecule has 1 aliphatic heterocycles. The Hall–Kier alpha value is -2.88. The first-order valence-corrected chi connectivity index (χ1v) is 10.3. The van der Waals surface area contributed by atoms with Crippen molar-refractivity contribution in [3.05, 3.63) is 71.4 Å². The van der Waals surface area contributed by atoms with Gasteiger partial charge >= 0.3 is 0 Å². The Kier molecular flexibility index (Phi) is 5.03. The Morgan fingerprint density at radius 1 is 0.966 bits per heavy atom. The molecule has 2 aromatic carbocycles. The lowest BCUT2D eigenvalue weighted by Gasteiger charge is -2.31. The van der Waals surface area contributed by atoms with E-state index in [-0.39, 0.29) is 11.3 Å². The van der Waals surface area contributed by atoms with Crippen molar-refractivity contribution in [3.8, 4) is 0 Å². The van der Waals surface area contributed by atoms with Crippen LogP contribution in [0, 0.1) is 0 Å². The lowest BCUT2D eigenvalue weighted by atomic mass is 9.86. The number of likely N-dealkylation sites (tertiary alicyclic amines) is 1. The standard InChI is InChI=1S/C25H28N2O2/c1-25(2,3)19-10-8-18(9-11-19)23(28)24(29)27-14-12-17(13-15-27)21-16-26-22-7-5-4-6-20(21)22/h4-11,16-17,26H,12-15H2,1-3H3. The summed E-state index contributed by atoms with van der Waals surface area (Å²) >= 11 is 0. The Morgan fingerprint density at radius 2 is 1.62 bits per heavy atom. The van der Waals surface area contributed by atoms with E-state index in [2.05, 4.69) is 50.2 Å². The highest BCUT2D eigenvalue weighted by Crippen LogP contribution is 2.33. The van der Waals surface area contributed by atoms with Gasteiger partial charge in [-0.05, 0) is 41.4 Å². The number of benzene rings is 2. The number of carbonyl (C=O) groups is 2. The number of aromatic nitrogens is 1. The number of hydrogen-bond acceptors (Lipinski definition) is 2. The third-order valence-corrected chi connectivity index (χ3v) is 6.05. The zero-order valence-corrected chi connectivity index (χ0v) is 17.4. The third-order valence-electron chi connectivity index (χ3n) is 6.05. The highest BCUT2D eigenvalue weighted by atomic mass is 16.2. The number of aromatic amines is 1. The third kappa shape index (κ3) is 3.84. The minimum Gasteiger partial charge on any atom is -0.361 e. The summed E-state index contributed by atoms with van der Waals surface area (Å²) in [5.41, 5.74) is 4.12. The molecule has 0 atom stereocenters. The summed E-state index contributed by atoms with van der Waals surface area (Å²) in [6.07, 6.45) is 3.85. The molecule has 1 aliphatic rings. The molecule has 0 radical (unpaired) electrons. The van der Waals surface area contributed by atoms with Gasteiger partial charge in [0, 0.05) is 35.8 Å². The van der Waals surface area contributed by atoms with Crippen molar-refractivity contribution in [2.45, 2.75) is 44.9 Å². The zero-order valence-electron chi connectivity index (χ0n) is 17.4. The summed E-state index contributed by atoms with van der Waals surface area (Å²) in [5.74, 6) is -0.377. The lowest BCUT2D eigenvalue weighted by Crippen LogP contribution is -2.41. The second-order valence-corrected chi connectivity index (χ2v) is 9.01. The SMILES string of the molecule is CC(C)(C)c1ccc(C(=O)C(=O)N2CCC(c3c[nH]c4ccccc34)CC2)cc1. The van der Waals surface area contributed by atoms with Crippen molar-refractivity contribution in [3.63, 3.8) is 0 Å². The van der Waals surface area contributed by atoms with Gasteiger partial charge in [0.05, 0.1) is 0 Å². The molecule has 4 heteroatoms. The van der Waals surface area contributed by atoms with E-state index in [0.717, 1.165) is 23.9 Å². The maximum atomic E-state index is 12.8. The van der Waals surface area contributed by atoms with Crippen LogP contribution in [0.15, 0.2) is 54.7 Å². The summed E-state index contributed by atoms with van der Waals surface area (Å²) in [6, 6.07) is 15.8. The van der Waals surface area contributed by atoms with Crippen LogP contribution in [-0.4, -0.2) is 34.7 Å². The van der Waals surface area contributed by atoms with Crippen molar-refractivity contribution >= 4 is 22.6 Å². The maximum absolute atomic E-state index is 12.8. The van der Waals surface area contributed by atoms with Crippen molar-refractivity contribution in [1.29, 1.82) is 0 Å². The van der Waals surface area contributed by atoms with Crippen LogP contribution in [0.1, 0.15) is 61.0 Å². The van der Waals surface area contributed by atoms with Crippen LogP contribution in [0.3, 0.4) is 0 Å². The number of Topliss-reactive ketones (excluding diaryl/α,β-unsaturated/α-hetero) is 1. The molecule has 0 unspecified atom stereocenters. The van der Waals surface area contributed by atoms with E-state index in [0.29, 0.717) is 24.6 Å². The van der Waals surface area contributed by atoms with Crippen LogP contribution >= 0.6 is 0 Å². The number of rotatable bonds is 3. The molecule has 3 aromatic rings. The van der Waals surface area contributed by atoms with Crippen LogP contribution in [-0.2, 0) is 10.2 Å². The molecule has 4 rings (SSSR count). The zero-order chi connectivity index (χ0) is 20.6. The van der Waals surface area contributed by atoms with Gasteiger partial charge in [-0.1, -0.05) is 63.2 Å². The minimum absolute atomic E-state index is 0.0237. The lowest BCUT2D eigenvalue weighted by molar-refractivity contribution is -0.127. The fourth-order valence-electron chi connectivity index (χ4n) is 4.21. The molecule has 0 bridgehead atoms. The Bertz CT molecular complexity index is 1030. The average Bonchev–Trinajstić information content (AvgIpc) is 3.16. The van der Waals surface area contributed by atoms with Crippen molar-refractivity contribution in [2.24, 2.45) is 0 Å². The molecule has 150 valence electrons. The quantitative estimate of drug-likeness (QED) is 0.504. The van der Waals surface area contributed by atoms with Gasteiger partial charge in [0.1, 0.15) is 0 Å². The predicted molar refractivity (Wildman–Crippen MR) is 116 cm³/mol. The number of amides is 1. The molecule has 29 heavy (non-hydrogen) atoms. The second-order valence-electron chi connectivity index (χ2n) is 9.01. The van der Waals surface area contributed by atoms with E-state index in [9.17, 15) is 9.59 Å². The number of fused-ring (bicyclic) bond motifs is 1. The van der Waals surface area contributed by atoms with E-state index in [1.54, 1.807) is 17.0 Å². The van der Waals surface area contributed by atoms with E-state index in [1.165, 1.54) is 10.9 Å². The molecule has 0 aliphatic carbocycles. The van der Waals surface area contributed by atoms with Crippen LogP contribution in [0.2, 0.25) is 0 Å². The number of ketones is 1. The van der Waals surface area contributed by atoms with E-state index < -0.39 is 5.78 Å². The van der Waals surface area contributed by atoms with Gasteiger partial charge in [-0.15, -0.1) is 0 Å². The summed E-state index contributed by atoms with van der Waals surface area (Å²) in [7, 11) is 0. The summed E-state index contributed by atoms with van der Waals surface area (Å²) in [5, 5.41) is 1.26. The number of hydrogen-bond donors (Lipinski definition) is 1. The highest BCUT2D eigenvalue weighted by Gasteiger charge is 2.29. The van der Waals surface area contributed by atoms with Gasteiger partial charge in [-0.2, -0.15) is 0 Å². The van der Waals surface area contributed by atoms with E-state index >= 15 is 0 Å². The molecule has 1 N–H and O–H groups in total. The van der Waals surface area contributed by atoms with E-state index in [4.69, 9.17) is 0 Å². The molecule has 4 nitrogen and oxygen atoms in total. The Labute approximate surface area is 171 Å². The topological polar surface area (TPSA) is 53.2 Å². The van der Waals surface area contributed by atoms with Gasteiger partial charge in [-0.3, -0.25) is 9.59 Å². The Morgan fingerprint density at radius 3 is 2.28 bits per heavy atom. The van der Waals surface area contributed by atoms with Gasteiger partial charge in [0.15, 0.2) is 0 Å². The number of carbonyl (C=O) groups excluding carboxylic acids is 2. The summed E-state index contributed by atoms with van der Waals surface area (Å²) in [4.78, 5) is 30.5. The number of nitrogens with zero attached hydrogens (tertiary/aromatic N) is 1. The van der Waals surface area contributed by atoms with Crippen LogP contribution in [0.25, 0.3) is 10.9 Å². The molecule has 1 amide bonds. The largest absolute Gasteiger partial charge is 0.361 e. The maximum Gasteiger partial charge on any atom is 0.294 e. The predicted octanol–water partition coefficient (Wildman–Crippen LogP) is 5.05. The summed E-state index contributed by atoms with van der Waals surface area (Å²) in [6.45, 7) is 7.64. The molecule has 1 saturated heterocycles. The second kappa shape index (κ2) is 7.51. The molecule has 1 fully saturated rings. The molecule has 2 heterocycles. The minimum atomic E-state index is -0.406. The number of piperidine rings is 1. The van der Waals surface area contributed by atoms with Crippen LogP contribution in [0.5, 0.6) is 0 Å². The van der Waals surface area contributed by atoms with Gasteiger partial charge in [-0.25, -0.2) is 0 Å². The monoisotopic (exact) mass is 388 g/mol. The average molecular weight is 389 g/mol. The van der Waals surface area contributed by atoms with Crippen LogP contribution < -0.4 is 0 Å². The Balaban J connectivity index is 1.41. The first-order chi connectivity index (χ1) is 13.8. The first kappa shape index (κ1) is 19.4. The van der Waals surface area contributed by atoms with Gasteiger partial charge in [0.25, 0.3) is 5.91 Å². The first-order valence-electron chi connectivity index (χ1n) is 10.3. The molecule has 1 aromatic heterocycles. The number of nitrogens with one attached hydrogen (secondary N) is 1. The van der Waals surface area contributed by atoms with Gasteiger partial charge in [0.2, 0.25) is 5.78 Å². The number of para-hydroxylation sites is 1. The normalized spacial score (nSPS) is 15.6. The molecular weight excluding hydrogens is 360 g/mol. The molecule has 0 spiro atoms. The molecule has 0 saturated carbocycles. The van der Waals surface area contributed by atoms with Crippen molar-refractivity contribution < 1.29 is 9.59 Å². The smallest absolute Gasteiger partial charge is 0.294 e. The van der Waals surface area contributed by atoms with Crippen LogP contribution in [0.4, 0.5) is 0 Å². The van der Waals surface area contributed by atoms with Crippen molar-refractivity contribution in [2.75, 3.05) is 13.1 Å². The van der Waals surface area contributed by atoms with E-state index in [1.807, 2.05) is 18.2 Å². The fraction of sp³-hybridized carbons (Fsp3) is 0.360. The number of H-pyrrole nitrogens is 1. The van der Waals surface area contributed by atoms with Crippen molar-refractivity contribution in [1.82, 2.24) is 9.88 Å². The van der Waals surface area contributed by atoms with Gasteiger partial charge < -0.3 is 9.88 Å². The fourth-order valence-corrected chi connectivity index (χ4v) is 4.21. The highest BCUT2D eigenvalue weighted by molar-refractivity contribution is 6.42. The summed E-state index contributed by atoms with van der Waals surface area (Å²) < 4.78 is 0.